The lowest BCUT2D eigenvalue weighted by atomic mass is 10.1. The van der Waals surface area contributed by atoms with Gasteiger partial charge in [-0.1, -0.05) is 30.3 Å². The molecule has 2 N–H and O–H groups in total. The zero-order chi connectivity index (χ0) is 15.5. The molecule has 0 aliphatic heterocycles. The normalized spacial score (nSPS) is 11.8. The average molecular weight is 291 g/mol. The number of halogens is 3. The molecule has 0 radical (unpaired) electrons. The Morgan fingerprint density at radius 1 is 1.00 bits per heavy atom. The first kappa shape index (κ1) is 14.8. The topological polar surface area (TPSA) is 43.1 Å². The van der Waals surface area contributed by atoms with Crippen molar-refractivity contribution >= 4 is 17.5 Å². The summed E-state index contributed by atoms with van der Waals surface area (Å²) >= 11 is 0. The first-order valence-electron chi connectivity index (χ1n) is 6.12. The molecule has 0 heterocycles. The maximum Gasteiger partial charge on any atom is 0.416 e. The molecule has 5 heteroatoms. The number of nitrogen functional groups attached to an aromatic ring is 1. The van der Waals surface area contributed by atoms with Crippen LogP contribution in [0.2, 0.25) is 0 Å². The van der Waals surface area contributed by atoms with Gasteiger partial charge < -0.3 is 5.73 Å². The summed E-state index contributed by atoms with van der Waals surface area (Å²) in [4.78, 5) is 11.9. The van der Waals surface area contributed by atoms with E-state index in [1.807, 2.05) is 0 Å². The van der Waals surface area contributed by atoms with Crippen molar-refractivity contribution in [3.05, 3.63) is 71.3 Å². The molecule has 0 fully saturated rings. The Bertz CT molecular complexity index is 673. The predicted octanol–water partition coefficient (Wildman–Crippen LogP) is 4.18. The molecule has 2 rings (SSSR count). The van der Waals surface area contributed by atoms with Crippen LogP contribution < -0.4 is 5.73 Å². The minimum absolute atomic E-state index is 0.298. The maximum atomic E-state index is 12.4. The molecule has 2 aromatic rings. The average Bonchev–Trinajstić information content (AvgIpc) is 2.45. The van der Waals surface area contributed by atoms with Gasteiger partial charge in [-0.3, -0.25) is 4.79 Å². The highest BCUT2D eigenvalue weighted by atomic mass is 19.4. The second-order valence-electron chi connectivity index (χ2n) is 4.40. The Labute approximate surface area is 119 Å². The lowest BCUT2D eigenvalue weighted by Crippen LogP contribution is -2.04. The van der Waals surface area contributed by atoms with Gasteiger partial charge in [-0.2, -0.15) is 13.2 Å². The molecule has 0 aliphatic rings. The lowest BCUT2D eigenvalue weighted by molar-refractivity contribution is -0.137. The number of para-hydroxylation sites is 1. The second-order valence-corrected chi connectivity index (χ2v) is 4.40. The Morgan fingerprint density at radius 2 is 1.62 bits per heavy atom. The largest absolute Gasteiger partial charge is 0.416 e. The third kappa shape index (κ3) is 3.72. The van der Waals surface area contributed by atoms with Crippen LogP contribution in [0.5, 0.6) is 0 Å². The molecule has 0 amide bonds. The number of hydrogen-bond acceptors (Lipinski definition) is 2. The Morgan fingerprint density at radius 3 is 2.19 bits per heavy atom. The third-order valence-corrected chi connectivity index (χ3v) is 2.89. The Balaban J connectivity index is 2.15. The number of benzene rings is 2. The summed E-state index contributed by atoms with van der Waals surface area (Å²) in [5.74, 6) is -0.298. The number of rotatable bonds is 3. The first-order chi connectivity index (χ1) is 9.88. The molecule has 0 unspecified atom stereocenters. The van der Waals surface area contributed by atoms with Crippen molar-refractivity contribution in [1.29, 1.82) is 0 Å². The van der Waals surface area contributed by atoms with Crippen molar-refractivity contribution in [2.75, 3.05) is 5.73 Å². The third-order valence-electron chi connectivity index (χ3n) is 2.89. The quantitative estimate of drug-likeness (QED) is 0.523. The minimum Gasteiger partial charge on any atom is -0.398 e. The highest BCUT2D eigenvalue weighted by Gasteiger charge is 2.29. The van der Waals surface area contributed by atoms with Crippen molar-refractivity contribution in [1.82, 2.24) is 0 Å². The number of alkyl halides is 3. The number of carbonyl (C=O) groups is 1. The summed E-state index contributed by atoms with van der Waals surface area (Å²) in [6.07, 6.45) is -1.63. The fourth-order valence-corrected chi connectivity index (χ4v) is 1.77. The zero-order valence-corrected chi connectivity index (χ0v) is 10.9. The number of ketones is 1. The molecule has 21 heavy (non-hydrogen) atoms. The van der Waals surface area contributed by atoms with Crippen LogP contribution >= 0.6 is 0 Å². The van der Waals surface area contributed by atoms with Gasteiger partial charge >= 0.3 is 6.18 Å². The number of anilines is 1. The Kier molecular flexibility index (Phi) is 4.12. The van der Waals surface area contributed by atoms with E-state index in [-0.39, 0.29) is 5.78 Å². The monoisotopic (exact) mass is 291 g/mol. The summed E-state index contributed by atoms with van der Waals surface area (Å²) < 4.78 is 37.2. The van der Waals surface area contributed by atoms with E-state index in [4.69, 9.17) is 5.73 Å². The molecule has 0 spiro atoms. The highest BCUT2D eigenvalue weighted by Crippen LogP contribution is 2.29. The van der Waals surface area contributed by atoms with Crippen molar-refractivity contribution in [3.63, 3.8) is 0 Å². The van der Waals surface area contributed by atoms with E-state index in [2.05, 4.69) is 0 Å². The molecule has 0 aromatic heterocycles. The molecule has 0 atom stereocenters. The van der Waals surface area contributed by atoms with E-state index < -0.39 is 11.7 Å². The van der Waals surface area contributed by atoms with E-state index in [0.29, 0.717) is 16.8 Å². The molecular weight excluding hydrogens is 279 g/mol. The molecule has 0 bridgehead atoms. The first-order valence-corrected chi connectivity index (χ1v) is 6.12. The summed E-state index contributed by atoms with van der Waals surface area (Å²) in [6, 6.07) is 11.2. The van der Waals surface area contributed by atoms with Crippen LogP contribution in [0.3, 0.4) is 0 Å². The van der Waals surface area contributed by atoms with E-state index in [0.717, 1.165) is 12.1 Å². The van der Waals surface area contributed by atoms with Gasteiger partial charge in [-0.15, -0.1) is 0 Å². The van der Waals surface area contributed by atoms with Crippen molar-refractivity contribution in [3.8, 4) is 0 Å². The fourth-order valence-electron chi connectivity index (χ4n) is 1.77. The molecule has 0 saturated carbocycles. The van der Waals surface area contributed by atoms with E-state index in [9.17, 15) is 18.0 Å². The van der Waals surface area contributed by atoms with Crippen LogP contribution in [0.15, 0.2) is 54.6 Å². The van der Waals surface area contributed by atoms with Gasteiger partial charge in [0.15, 0.2) is 5.78 Å². The number of carbonyl (C=O) groups excluding carboxylic acids is 1. The van der Waals surface area contributed by atoms with E-state index in [1.54, 1.807) is 24.3 Å². The highest BCUT2D eigenvalue weighted by molar-refractivity contribution is 6.10. The van der Waals surface area contributed by atoms with Crippen LogP contribution in [0.1, 0.15) is 21.5 Å². The second kappa shape index (κ2) is 5.83. The van der Waals surface area contributed by atoms with Gasteiger partial charge in [0.05, 0.1) is 5.56 Å². The molecule has 0 aliphatic carbocycles. The van der Waals surface area contributed by atoms with Crippen molar-refractivity contribution < 1.29 is 18.0 Å². The standard InChI is InChI=1S/C16H12F3NO/c17-16(18,19)12-8-5-11(6-9-12)7-10-15(21)13-3-1-2-4-14(13)20/h1-10H,20H2/b10-7+. The van der Waals surface area contributed by atoms with Gasteiger partial charge in [0.1, 0.15) is 0 Å². The summed E-state index contributed by atoms with van der Waals surface area (Å²) in [6.45, 7) is 0. The number of hydrogen-bond donors (Lipinski definition) is 1. The van der Waals surface area contributed by atoms with Crippen LogP contribution in [-0.2, 0) is 6.18 Å². The van der Waals surface area contributed by atoms with Crippen molar-refractivity contribution in [2.24, 2.45) is 0 Å². The zero-order valence-electron chi connectivity index (χ0n) is 10.9. The predicted molar refractivity (Wildman–Crippen MR) is 75.7 cm³/mol. The minimum atomic E-state index is -4.36. The molecule has 2 aromatic carbocycles. The number of allylic oxidation sites excluding steroid dienone is 1. The summed E-state index contributed by atoms with van der Waals surface area (Å²) in [5, 5.41) is 0. The fraction of sp³-hybridized carbons (Fsp3) is 0.0625. The molecular formula is C16H12F3NO. The SMILES string of the molecule is Nc1ccccc1C(=O)/C=C/c1ccc(C(F)(F)F)cc1. The molecule has 0 saturated heterocycles. The van der Waals surface area contributed by atoms with Gasteiger partial charge in [0.2, 0.25) is 0 Å². The molecule has 108 valence electrons. The van der Waals surface area contributed by atoms with Crippen LogP contribution in [-0.4, -0.2) is 5.78 Å². The Hall–Kier alpha value is -2.56. The lowest BCUT2D eigenvalue weighted by Gasteiger charge is -2.05. The van der Waals surface area contributed by atoms with Gasteiger partial charge in [0, 0.05) is 11.3 Å². The van der Waals surface area contributed by atoms with Crippen LogP contribution in [0.25, 0.3) is 6.08 Å². The molecule has 2 nitrogen and oxygen atoms in total. The number of nitrogens with two attached hydrogens (primary N) is 1. The maximum absolute atomic E-state index is 12.4. The smallest absolute Gasteiger partial charge is 0.398 e. The van der Waals surface area contributed by atoms with Crippen LogP contribution in [0.4, 0.5) is 18.9 Å². The van der Waals surface area contributed by atoms with E-state index in [1.165, 1.54) is 24.3 Å². The van der Waals surface area contributed by atoms with Gasteiger partial charge in [-0.25, -0.2) is 0 Å². The van der Waals surface area contributed by atoms with E-state index >= 15 is 0 Å². The van der Waals surface area contributed by atoms with Gasteiger partial charge in [-0.05, 0) is 35.9 Å². The van der Waals surface area contributed by atoms with Crippen molar-refractivity contribution in [2.45, 2.75) is 6.18 Å². The van der Waals surface area contributed by atoms with Crippen LogP contribution in [0, 0.1) is 0 Å². The van der Waals surface area contributed by atoms with Gasteiger partial charge in [0.25, 0.3) is 0 Å². The summed E-state index contributed by atoms with van der Waals surface area (Å²) in [5.41, 5.74) is 6.18. The summed E-state index contributed by atoms with van der Waals surface area (Å²) in [7, 11) is 0.